The number of amides is 1. The highest BCUT2D eigenvalue weighted by atomic mass is 16.2. The number of nitrogens with two attached hydrogens (primary N) is 1. The van der Waals surface area contributed by atoms with Gasteiger partial charge in [-0.3, -0.25) is 9.59 Å². The van der Waals surface area contributed by atoms with Crippen LogP contribution in [0.15, 0.2) is 0 Å². The Labute approximate surface area is 72.3 Å². The first-order valence-electron chi connectivity index (χ1n) is 4.42. The van der Waals surface area contributed by atoms with Crippen LogP contribution in [0.25, 0.3) is 0 Å². The number of ketones is 1. The van der Waals surface area contributed by atoms with E-state index in [9.17, 15) is 9.59 Å². The average Bonchev–Trinajstić information content (AvgIpc) is 2.37. The van der Waals surface area contributed by atoms with Crippen LogP contribution >= 0.6 is 0 Å². The normalized spacial score (nSPS) is 20.8. The first kappa shape index (κ1) is 9.23. The van der Waals surface area contributed by atoms with Crippen LogP contribution in [0.4, 0.5) is 0 Å². The molecule has 0 spiro atoms. The Bertz CT molecular complexity index is 181. The molecule has 0 saturated heterocycles. The third-order valence-electron chi connectivity index (χ3n) is 2.62. The van der Waals surface area contributed by atoms with Crippen molar-refractivity contribution >= 4 is 11.7 Å². The summed E-state index contributed by atoms with van der Waals surface area (Å²) in [7, 11) is 0. The molecule has 0 aromatic carbocycles. The van der Waals surface area contributed by atoms with Gasteiger partial charge in [-0.2, -0.15) is 0 Å². The number of hydrogen-bond donors (Lipinski definition) is 1. The van der Waals surface area contributed by atoms with E-state index in [0.717, 1.165) is 25.7 Å². The molecule has 0 aromatic heterocycles. The first-order valence-corrected chi connectivity index (χ1v) is 4.42. The van der Waals surface area contributed by atoms with E-state index in [1.807, 2.05) is 0 Å². The molecule has 1 aliphatic rings. The molecule has 1 saturated carbocycles. The van der Waals surface area contributed by atoms with Crippen molar-refractivity contribution in [3.05, 3.63) is 0 Å². The predicted molar refractivity (Wildman–Crippen MR) is 45.3 cm³/mol. The van der Waals surface area contributed by atoms with E-state index in [0.29, 0.717) is 0 Å². The Morgan fingerprint density at radius 1 is 1.33 bits per heavy atom. The predicted octanol–water partition coefficient (Wildman–Crippen LogP) is 0.867. The van der Waals surface area contributed by atoms with E-state index in [-0.39, 0.29) is 11.7 Å². The summed E-state index contributed by atoms with van der Waals surface area (Å²) in [6.07, 6.45) is 4.21. The molecule has 12 heavy (non-hydrogen) atoms. The van der Waals surface area contributed by atoms with Gasteiger partial charge in [0.2, 0.25) is 5.91 Å². The molecule has 0 bridgehead atoms. The van der Waals surface area contributed by atoms with Crippen LogP contribution in [0.2, 0.25) is 0 Å². The highest BCUT2D eigenvalue weighted by Gasteiger charge is 2.32. The van der Waals surface area contributed by atoms with Crippen LogP contribution in [0, 0.1) is 11.8 Å². The molecule has 1 fully saturated rings. The fraction of sp³-hybridized carbons (Fsp3) is 0.778. The molecule has 0 aliphatic heterocycles. The zero-order chi connectivity index (χ0) is 9.14. The summed E-state index contributed by atoms with van der Waals surface area (Å²) in [4.78, 5) is 22.0. The fourth-order valence-corrected chi connectivity index (χ4v) is 2.06. The van der Waals surface area contributed by atoms with Gasteiger partial charge in [0.1, 0.15) is 5.78 Å². The highest BCUT2D eigenvalue weighted by Crippen LogP contribution is 2.31. The second-order valence-electron chi connectivity index (χ2n) is 3.54. The molecule has 0 heterocycles. The Balaban J connectivity index is 2.64. The molecule has 68 valence electrons. The van der Waals surface area contributed by atoms with Crippen LogP contribution < -0.4 is 5.73 Å². The van der Waals surface area contributed by atoms with E-state index >= 15 is 0 Å². The van der Waals surface area contributed by atoms with Gasteiger partial charge in [0, 0.05) is 0 Å². The molecule has 2 N–H and O–H groups in total. The maximum Gasteiger partial charge on any atom is 0.228 e. The van der Waals surface area contributed by atoms with E-state index < -0.39 is 11.8 Å². The molecule has 3 nitrogen and oxygen atoms in total. The van der Waals surface area contributed by atoms with Crippen LogP contribution in [0.1, 0.15) is 32.6 Å². The summed E-state index contributed by atoms with van der Waals surface area (Å²) in [5.41, 5.74) is 5.16. The molecule has 1 atom stereocenters. The number of rotatable bonds is 3. The van der Waals surface area contributed by atoms with E-state index in [1.165, 1.54) is 6.92 Å². The van der Waals surface area contributed by atoms with Crippen molar-refractivity contribution in [3.8, 4) is 0 Å². The second kappa shape index (κ2) is 3.70. The van der Waals surface area contributed by atoms with Crippen molar-refractivity contribution < 1.29 is 9.59 Å². The minimum absolute atomic E-state index is 0.0746. The van der Waals surface area contributed by atoms with Gasteiger partial charge in [-0.25, -0.2) is 0 Å². The van der Waals surface area contributed by atoms with Crippen molar-refractivity contribution in [3.63, 3.8) is 0 Å². The third-order valence-corrected chi connectivity index (χ3v) is 2.62. The van der Waals surface area contributed by atoms with Gasteiger partial charge in [0.05, 0.1) is 5.92 Å². The molecule has 0 radical (unpaired) electrons. The molecule has 0 aromatic rings. The highest BCUT2D eigenvalue weighted by molar-refractivity contribution is 5.99. The lowest BCUT2D eigenvalue weighted by Crippen LogP contribution is -2.34. The summed E-state index contributed by atoms with van der Waals surface area (Å²) in [6, 6.07) is 0. The topological polar surface area (TPSA) is 60.2 Å². The zero-order valence-corrected chi connectivity index (χ0v) is 7.38. The van der Waals surface area contributed by atoms with Crippen LogP contribution in [0.5, 0.6) is 0 Å². The fourth-order valence-electron chi connectivity index (χ4n) is 2.06. The summed E-state index contributed by atoms with van der Waals surface area (Å²) in [5, 5.41) is 0. The maximum absolute atomic E-state index is 11.1. The smallest absolute Gasteiger partial charge is 0.228 e. The molecule has 3 heteroatoms. The molecule has 1 rings (SSSR count). The second-order valence-corrected chi connectivity index (χ2v) is 3.54. The van der Waals surface area contributed by atoms with E-state index in [1.54, 1.807) is 0 Å². The average molecular weight is 169 g/mol. The summed E-state index contributed by atoms with van der Waals surface area (Å²) >= 11 is 0. The Hall–Kier alpha value is -0.860. The lowest BCUT2D eigenvalue weighted by Gasteiger charge is -2.16. The van der Waals surface area contributed by atoms with E-state index in [2.05, 4.69) is 0 Å². The lowest BCUT2D eigenvalue weighted by atomic mass is 9.87. The van der Waals surface area contributed by atoms with Crippen molar-refractivity contribution in [1.29, 1.82) is 0 Å². The van der Waals surface area contributed by atoms with Gasteiger partial charge in [-0.1, -0.05) is 12.8 Å². The largest absolute Gasteiger partial charge is 0.369 e. The number of carbonyl (C=O) groups excluding carboxylic acids is 2. The minimum Gasteiger partial charge on any atom is -0.369 e. The lowest BCUT2D eigenvalue weighted by molar-refractivity contribution is -0.133. The standard InChI is InChI=1S/C9H15NO2/c1-6(11)8(9(10)12)7-4-2-3-5-7/h7-8H,2-5H2,1H3,(H2,10,12). The monoisotopic (exact) mass is 169 g/mol. The van der Waals surface area contributed by atoms with Gasteiger partial charge in [0.15, 0.2) is 0 Å². The molecular weight excluding hydrogens is 154 g/mol. The Kier molecular flexibility index (Phi) is 2.84. The molecule has 1 aliphatic carbocycles. The molecule has 1 unspecified atom stereocenters. The summed E-state index contributed by atoms with van der Waals surface area (Å²) in [6.45, 7) is 1.45. The zero-order valence-electron chi connectivity index (χ0n) is 7.38. The third kappa shape index (κ3) is 1.84. The number of primary amides is 1. The molecule has 1 amide bonds. The number of carbonyl (C=O) groups is 2. The molecular formula is C9H15NO2. The summed E-state index contributed by atoms with van der Waals surface area (Å²) < 4.78 is 0. The van der Waals surface area contributed by atoms with Crippen LogP contribution in [0.3, 0.4) is 0 Å². The number of hydrogen-bond acceptors (Lipinski definition) is 2. The Morgan fingerprint density at radius 3 is 2.17 bits per heavy atom. The van der Waals surface area contributed by atoms with Gasteiger partial charge in [0.25, 0.3) is 0 Å². The Morgan fingerprint density at radius 2 is 1.83 bits per heavy atom. The van der Waals surface area contributed by atoms with Crippen molar-refractivity contribution in [2.24, 2.45) is 17.6 Å². The maximum atomic E-state index is 11.1. The quantitative estimate of drug-likeness (QED) is 0.637. The first-order chi connectivity index (χ1) is 5.63. The van der Waals surface area contributed by atoms with E-state index in [4.69, 9.17) is 5.73 Å². The van der Waals surface area contributed by atoms with Gasteiger partial charge in [-0.05, 0) is 25.7 Å². The van der Waals surface area contributed by atoms with Gasteiger partial charge >= 0.3 is 0 Å². The van der Waals surface area contributed by atoms with Crippen molar-refractivity contribution in [2.45, 2.75) is 32.6 Å². The van der Waals surface area contributed by atoms with Gasteiger partial charge in [-0.15, -0.1) is 0 Å². The van der Waals surface area contributed by atoms with Crippen molar-refractivity contribution in [2.75, 3.05) is 0 Å². The SMILES string of the molecule is CC(=O)C(C(N)=O)C1CCCC1. The summed E-state index contributed by atoms with van der Waals surface area (Å²) in [5.74, 6) is -0.823. The van der Waals surface area contributed by atoms with Crippen molar-refractivity contribution in [1.82, 2.24) is 0 Å². The minimum atomic E-state index is -0.521. The van der Waals surface area contributed by atoms with Crippen LogP contribution in [-0.2, 0) is 9.59 Å². The van der Waals surface area contributed by atoms with Gasteiger partial charge < -0.3 is 5.73 Å². The number of Topliss-reactive ketones (excluding diaryl/α,β-unsaturated/α-hetero) is 1. The van der Waals surface area contributed by atoms with Crippen LogP contribution in [-0.4, -0.2) is 11.7 Å².